The highest BCUT2D eigenvalue weighted by Gasteiger charge is 2.25. The minimum Gasteiger partial charge on any atom is -0.352 e. The summed E-state index contributed by atoms with van der Waals surface area (Å²) in [5.41, 5.74) is 3.73. The van der Waals surface area contributed by atoms with E-state index in [4.69, 9.17) is 0 Å². The van der Waals surface area contributed by atoms with Gasteiger partial charge in [0.25, 0.3) is 5.91 Å². The first kappa shape index (κ1) is 23.0. The highest BCUT2D eigenvalue weighted by Crippen LogP contribution is 2.33. The van der Waals surface area contributed by atoms with Crippen LogP contribution in [-0.2, 0) is 17.9 Å². The molecule has 0 aliphatic carbocycles. The minimum absolute atomic E-state index is 0.0690. The van der Waals surface area contributed by atoms with Crippen molar-refractivity contribution < 1.29 is 9.59 Å². The summed E-state index contributed by atoms with van der Waals surface area (Å²) in [7, 11) is 2.09. The first-order chi connectivity index (χ1) is 16.1. The van der Waals surface area contributed by atoms with E-state index in [2.05, 4.69) is 34.4 Å². The van der Waals surface area contributed by atoms with Crippen LogP contribution >= 0.6 is 11.8 Å². The molecule has 3 aromatic rings. The summed E-state index contributed by atoms with van der Waals surface area (Å²) >= 11 is 1.47. The number of benzene rings is 2. The minimum atomic E-state index is -0.0766. The first-order valence-corrected chi connectivity index (χ1v) is 12.1. The SMILES string of the molecule is CN(CCCNC(=O)c1ccc(CN2C(=O)CSc3ncccc32)cc1)Cc1ccccc1. The number of anilines is 1. The van der Waals surface area contributed by atoms with Crippen molar-refractivity contribution in [2.75, 3.05) is 30.8 Å². The molecule has 0 fully saturated rings. The number of aromatic nitrogens is 1. The molecule has 2 amide bonds. The number of pyridine rings is 1. The zero-order chi connectivity index (χ0) is 23.0. The van der Waals surface area contributed by atoms with E-state index in [0.29, 0.717) is 24.4 Å². The summed E-state index contributed by atoms with van der Waals surface area (Å²) in [6.07, 6.45) is 2.63. The molecule has 0 radical (unpaired) electrons. The molecule has 0 bridgehead atoms. The number of nitrogens with one attached hydrogen (secondary N) is 1. The number of hydrogen-bond donors (Lipinski definition) is 1. The summed E-state index contributed by atoms with van der Waals surface area (Å²) in [6.45, 7) is 2.90. The number of carbonyl (C=O) groups is 2. The van der Waals surface area contributed by atoms with E-state index >= 15 is 0 Å². The lowest BCUT2D eigenvalue weighted by Crippen LogP contribution is -2.35. The van der Waals surface area contributed by atoms with Crippen molar-refractivity contribution >= 4 is 29.3 Å². The van der Waals surface area contributed by atoms with Crippen LogP contribution in [0, 0.1) is 0 Å². The molecule has 4 rings (SSSR count). The van der Waals surface area contributed by atoms with Crippen LogP contribution in [-0.4, -0.2) is 47.6 Å². The van der Waals surface area contributed by atoms with Crippen molar-refractivity contribution in [1.82, 2.24) is 15.2 Å². The van der Waals surface area contributed by atoms with Gasteiger partial charge in [-0.3, -0.25) is 9.59 Å². The Hall–Kier alpha value is -3.16. The molecule has 2 heterocycles. The fourth-order valence-corrected chi connectivity index (χ4v) is 4.66. The molecule has 33 heavy (non-hydrogen) atoms. The maximum Gasteiger partial charge on any atom is 0.251 e. The zero-order valence-corrected chi connectivity index (χ0v) is 19.6. The maximum absolute atomic E-state index is 12.5. The van der Waals surface area contributed by atoms with Gasteiger partial charge >= 0.3 is 0 Å². The molecule has 0 spiro atoms. The largest absolute Gasteiger partial charge is 0.352 e. The van der Waals surface area contributed by atoms with Crippen LogP contribution in [0.3, 0.4) is 0 Å². The third kappa shape index (κ3) is 6.21. The van der Waals surface area contributed by atoms with E-state index in [0.717, 1.165) is 35.8 Å². The van der Waals surface area contributed by atoms with Gasteiger partial charge in [0.1, 0.15) is 5.03 Å². The number of hydrogen-bond acceptors (Lipinski definition) is 5. The Morgan fingerprint density at radius 1 is 1.06 bits per heavy atom. The lowest BCUT2D eigenvalue weighted by atomic mass is 10.1. The third-order valence-electron chi connectivity index (χ3n) is 5.53. The fourth-order valence-electron chi connectivity index (χ4n) is 3.79. The van der Waals surface area contributed by atoms with Gasteiger partial charge in [-0.1, -0.05) is 54.2 Å². The highest BCUT2D eigenvalue weighted by atomic mass is 32.2. The summed E-state index contributed by atoms with van der Waals surface area (Å²) in [5, 5.41) is 3.88. The van der Waals surface area contributed by atoms with Crippen LogP contribution in [0.2, 0.25) is 0 Å². The second kappa shape index (κ2) is 11.1. The monoisotopic (exact) mass is 460 g/mol. The third-order valence-corrected chi connectivity index (χ3v) is 6.51. The predicted octanol–water partition coefficient (Wildman–Crippen LogP) is 3.97. The van der Waals surface area contributed by atoms with Crippen molar-refractivity contribution in [3.8, 4) is 0 Å². The molecule has 1 aliphatic heterocycles. The molecular weight excluding hydrogens is 432 g/mol. The van der Waals surface area contributed by atoms with E-state index in [1.165, 1.54) is 17.3 Å². The first-order valence-electron chi connectivity index (χ1n) is 11.1. The molecule has 1 N–H and O–H groups in total. The van der Waals surface area contributed by atoms with Gasteiger partial charge < -0.3 is 15.1 Å². The fraction of sp³-hybridized carbons (Fsp3) is 0.269. The van der Waals surface area contributed by atoms with E-state index in [-0.39, 0.29) is 11.8 Å². The van der Waals surface area contributed by atoms with Gasteiger partial charge in [0.15, 0.2) is 0 Å². The van der Waals surface area contributed by atoms with Gasteiger partial charge in [0, 0.05) is 24.8 Å². The number of rotatable bonds is 9. The van der Waals surface area contributed by atoms with Gasteiger partial charge in [-0.25, -0.2) is 4.98 Å². The molecule has 0 saturated heterocycles. The summed E-state index contributed by atoms with van der Waals surface area (Å²) in [6, 6.07) is 21.6. The summed E-state index contributed by atoms with van der Waals surface area (Å²) in [5.74, 6) is 0.386. The van der Waals surface area contributed by atoms with Crippen LogP contribution in [0.4, 0.5) is 5.69 Å². The highest BCUT2D eigenvalue weighted by molar-refractivity contribution is 8.00. The van der Waals surface area contributed by atoms with Crippen molar-refractivity contribution in [1.29, 1.82) is 0 Å². The van der Waals surface area contributed by atoms with E-state index in [1.807, 2.05) is 54.6 Å². The smallest absolute Gasteiger partial charge is 0.251 e. The van der Waals surface area contributed by atoms with Gasteiger partial charge in [-0.15, -0.1) is 0 Å². The quantitative estimate of drug-likeness (QED) is 0.490. The van der Waals surface area contributed by atoms with Crippen molar-refractivity contribution in [3.63, 3.8) is 0 Å². The molecule has 2 aromatic carbocycles. The summed E-state index contributed by atoms with van der Waals surface area (Å²) < 4.78 is 0. The molecule has 0 atom stereocenters. The Labute approximate surface area is 199 Å². The maximum atomic E-state index is 12.5. The molecular formula is C26H28N4O2S. The van der Waals surface area contributed by atoms with Gasteiger partial charge in [0.05, 0.1) is 18.0 Å². The lowest BCUT2D eigenvalue weighted by Gasteiger charge is -2.28. The molecule has 6 nitrogen and oxygen atoms in total. The number of thioether (sulfide) groups is 1. The zero-order valence-electron chi connectivity index (χ0n) is 18.7. The van der Waals surface area contributed by atoms with E-state index < -0.39 is 0 Å². The molecule has 0 unspecified atom stereocenters. The standard InChI is InChI=1S/C26H28N4O2S/c1-29(17-20-7-3-2-4-8-20)16-6-15-27-25(32)22-12-10-21(11-13-22)18-30-23-9-5-14-28-26(23)33-19-24(30)31/h2-5,7-14H,6,15-19H2,1H3,(H,27,32). The Bertz CT molecular complexity index is 1090. The average molecular weight is 461 g/mol. The lowest BCUT2D eigenvalue weighted by molar-refractivity contribution is -0.116. The Kier molecular flexibility index (Phi) is 7.75. The van der Waals surface area contributed by atoms with Gasteiger partial charge in [-0.05, 0) is 55.4 Å². The molecule has 1 aromatic heterocycles. The molecule has 7 heteroatoms. The van der Waals surface area contributed by atoms with Crippen LogP contribution in [0.5, 0.6) is 0 Å². The second-order valence-electron chi connectivity index (χ2n) is 8.13. The van der Waals surface area contributed by atoms with E-state index in [1.54, 1.807) is 11.1 Å². The Balaban J connectivity index is 1.24. The van der Waals surface area contributed by atoms with Crippen molar-refractivity contribution in [3.05, 3.63) is 89.6 Å². The predicted molar refractivity (Wildman–Crippen MR) is 132 cm³/mol. The average Bonchev–Trinajstić information content (AvgIpc) is 2.84. The molecule has 170 valence electrons. The van der Waals surface area contributed by atoms with Gasteiger partial charge in [0.2, 0.25) is 5.91 Å². The van der Waals surface area contributed by atoms with Crippen molar-refractivity contribution in [2.45, 2.75) is 24.5 Å². The number of nitrogens with zero attached hydrogens (tertiary/aromatic N) is 3. The molecule has 1 aliphatic rings. The normalized spacial score (nSPS) is 13.2. The number of fused-ring (bicyclic) bond motifs is 1. The number of amides is 2. The Morgan fingerprint density at radius 3 is 2.64 bits per heavy atom. The van der Waals surface area contributed by atoms with Crippen LogP contribution in [0.15, 0.2) is 78.0 Å². The van der Waals surface area contributed by atoms with Crippen LogP contribution in [0.25, 0.3) is 0 Å². The topological polar surface area (TPSA) is 65.5 Å². The van der Waals surface area contributed by atoms with Crippen LogP contribution in [0.1, 0.15) is 27.9 Å². The van der Waals surface area contributed by atoms with Crippen LogP contribution < -0.4 is 10.2 Å². The number of carbonyl (C=O) groups excluding carboxylic acids is 2. The van der Waals surface area contributed by atoms with E-state index in [9.17, 15) is 9.59 Å². The Morgan fingerprint density at radius 2 is 1.85 bits per heavy atom. The molecule has 0 saturated carbocycles. The second-order valence-corrected chi connectivity index (χ2v) is 9.09. The summed E-state index contributed by atoms with van der Waals surface area (Å²) in [4.78, 5) is 33.3. The van der Waals surface area contributed by atoms with Crippen molar-refractivity contribution in [2.24, 2.45) is 0 Å². The van der Waals surface area contributed by atoms with Gasteiger partial charge in [-0.2, -0.15) is 0 Å².